The summed E-state index contributed by atoms with van der Waals surface area (Å²) < 4.78 is 0. The molecule has 0 bridgehead atoms. The van der Waals surface area contributed by atoms with E-state index in [1.165, 1.54) is 0 Å². The van der Waals surface area contributed by atoms with Gasteiger partial charge >= 0.3 is 0 Å². The minimum absolute atomic E-state index is 0.236. The maximum absolute atomic E-state index is 11.1. The lowest BCUT2D eigenvalue weighted by Crippen LogP contribution is -2.28. The Bertz CT molecular complexity index is 177. The zero-order valence-electron chi connectivity index (χ0n) is 6.68. The molecule has 1 saturated heterocycles. The van der Waals surface area contributed by atoms with Crippen molar-refractivity contribution < 1.29 is 4.79 Å². The highest BCUT2D eigenvalue weighted by Crippen LogP contribution is 2.10. The standard InChI is InChI=1S/C8H14N2O/c1-7(5-9)6-10-4-2-3-8(10)11/h1-6,9H2. The van der Waals surface area contributed by atoms with Crippen LogP contribution in [-0.4, -0.2) is 30.4 Å². The zero-order chi connectivity index (χ0) is 8.27. The van der Waals surface area contributed by atoms with E-state index in [4.69, 9.17) is 5.73 Å². The van der Waals surface area contributed by atoms with Crippen molar-refractivity contribution >= 4 is 5.91 Å². The fourth-order valence-corrected chi connectivity index (χ4v) is 1.21. The Kier molecular flexibility index (Phi) is 2.65. The van der Waals surface area contributed by atoms with Crippen molar-refractivity contribution in [1.82, 2.24) is 4.90 Å². The molecule has 1 aliphatic heterocycles. The minimum atomic E-state index is 0.236. The van der Waals surface area contributed by atoms with Crippen LogP contribution in [0.2, 0.25) is 0 Å². The molecule has 1 aliphatic rings. The van der Waals surface area contributed by atoms with Crippen LogP contribution in [0.15, 0.2) is 12.2 Å². The predicted molar refractivity (Wildman–Crippen MR) is 44.0 cm³/mol. The Hall–Kier alpha value is -0.830. The maximum Gasteiger partial charge on any atom is 0.222 e. The maximum atomic E-state index is 11.1. The molecule has 1 fully saturated rings. The molecule has 1 heterocycles. The molecule has 0 radical (unpaired) electrons. The van der Waals surface area contributed by atoms with Gasteiger partial charge in [-0.3, -0.25) is 4.79 Å². The fourth-order valence-electron chi connectivity index (χ4n) is 1.21. The molecule has 0 saturated carbocycles. The van der Waals surface area contributed by atoms with Gasteiger partial charge in [0.25, 0.3) is 0 Å². The highest BCUT2D eigenvalue weighted by molar-refractivity contribution is 5.78. The summed E-state index contributed by atoms with van der Waals surface area (Å²) in [6, 6.07) is 0. The van der Waals surface area contributed by atoms with Crippen LogP contribution < -0.4 is 5.73 Å². The van der Waals surface area contributed by atoms with Crippen LogP contribution in [0.4, 0.5) is 0 Å². The van der Waals surface area contributed by atoms with Gasteiger partial charge < -0.3 is 10.6 Å². The van der Waals surface area contributed by atoms with Crippen LogP contribution >= 0.6 is 0 Å². The topological polar surface area (TPSA) is 46.3 Å². The summed E-state index contributed by atoms with van der Waals surface area (Å²) in [6.07, 6.45) is 1.68. The van der Waals surface area contributed by atoms with Gasteiger partial charge in [0.15, 0.2) is 0 Å². The molecule has 0 aromatic heterocycles. The summed E-state index contributed by atoms with van der Waals surface area (Å²) in [7, 11) is 0. The molecule has 3 heteroatoms. The smallest absolute Gasteiger partial charge is 0.222 e. The van der Waals surface area contributed by atoms with Crippen molar-refractivity contribution in [3.05, 3.63) is 12.2 Å². The monoisotopic (exact) mass is 154 g/mol. The quantitative estimate of drug-likeness (QED) is 0.587. The number of carbonyl (C=O) groups excluding carboxylic acids is 1. The highest BCUT2D eigenvalue weighted by atomic mass is 16.2. The van der Waals surface area contributed by atoms with Crippen molar-refractivity contribution in [2.75, 3.05) is 19.6 Å². The second-order valence-corrected chi connectivity index (χ2v) is 2.87. The fraction of sp³-hybridized carbons (Fsp3) is 0.625. The Labute approximate surface area is 66.9 Å². The van der Waals surface area contributed by atoms with Gasteiger partial charge in [-0.15, -0.1) is 0 Å². The Morgan fingerprint density at radius 2 is 2.45 bits per heavy atom. The third kappa shape index (κ3) is 2.05. The van der Waals surface area contributed by atoms with Gasteiger partial charge in [-0.25, -0.2) is 0 Å². The number of likely N-dealkylation sites (tertiary alicyclic amines) is 1. The van der Waals surface area contributed by atoms with Crippen LogP contribution in [0.5, 0.6) is 0 Å². The molecule has 0 aromatic rings. The molecule has 0 spiro atoms. The van der Waals surface area contributed by atoms with Crippen molar-refractivity contribution in [2.24, 2.45) is 5.73 Å². The average molecular weight is 154 g/mol. The lowest BCUT2D eigenvalue weighted by molar-refractivity contribution is -0.127. The summed E-state index contributed by atoms with van der Waals surface area (Å²) in [5.74, 6) is 0.236. The summed E-state index contributed by atoms with van der Waals surface area (Å²) in [4.78, 5) is 12.9. The summed E-state index contributed by atoms with van der Waals surface area (Å²) in [5, 5.41) is 0. The number of hydrogen-bond acceptors (Lipinski definition) is 2. The number of nitrogens with two attached hydrogens (primary N) is 1. The van der Waals surface area contributed by atoms with Crippen LogP contribution in [0.3, 0.4) is 0 Å². The van der Waals surface area contributed by atoms with Gasteiger partial charge in [0.1, 0.15) is 0 Å². The van der Waals surface area contributed by atoms with Crippen LogP contribution in [-0.2, 0) is 4.79 Å². The Morgan fingerprint density at radius 1 is 1.73 bits per heavy atom. The van der Waals surface area contributed by atoms with Gasteiger partial charge in [-0.05, 0) is 12.0 Å². The summed E-state index contributed by atoms with van der Waals surface area (Å²) >= 11 is 0. The molecule has 0 aromatic carbocycles. The van der Waals surface area contributed by atoms with Crippen molar-refractivity contribution in [2.45, 2.75) is 12.8 Å². The second kappa shape index (κ2) is 3.53. The molecule has 11 heavy (non-hydrogen) atoms. The van der Waals surface area contributed by atoms with Gasteiger partial charge in [-0.2, -0.15) is 0 Å². The van der Waals surface area contributed by atoms with E-state index in [9.17, 15) is 4.79 Å². The Morgan fingerprint density at radius 3 is 2.91 bits per heavy atom. The SMILES string of the molecule is C=C(CN)CN1CCCC1=O. The molecule has 3 nitrogen and oxygen atoms in total. The van der Waals surface area contributed by atoms with Gasteiger partial charge in [0, 0.05) is 26.1 Å². The molecule has 1 rings (SSSR count). The number of amides is 1. The molecule has 1 amide bonds. The average Bonchev–Trinajstić information content (AvgIpc) is 2.37. The number of carbonyl (C=O) groups is 1. The van der Waals surface area contributed by atoms with Gasteiger partial charge in [-0.1, -0.05) is 6.58 Å². The van der Waals surface area contributed by atoms with Crippen LogP contribution in [0.1, 0.15) is 12.8 Å². The van der Waals surface area contributed by atoms with E-state index in [1.807, 2.05) is 4.90 Å². The van der Waals surface area contributed by atoms with E-state index < -0.39 is 0 Å². The van der Waals surface area contributed by atoms with Crippen LogP contribution in [0, 0.1) is 0 Å². The largest absolute Gasteiger partial charge is 0.339 e. The third-order valence-corrected chi connectivity index (χ3v) is 1.87. The van der Waals surface area contributed by atoms with Crippen molar-refractivity contribution in [3.8, 4) is 0 Å². The first-order valence-electron chi connectivity index (χ1n) is 3.88. The lowest BCUT2D eigenvalue weighted by Gasteiger charge is -2.15. The van der Waals surface area contributed by atoms with Crippen molar-refractivity contribution in [1.29, 1.82) is 0 Å². The molecule has 62 valence electrons. The molecule has 0 aliphatic carbocycles. The molecular formula is C8H14N2O. The molecule has 0 unspecified atom stereocenters. The first-order valence-corrected chi connectivity index (χ1v) is 3.88. The first-order chi connectivity index (χ1) is 5.24. The predicted octanol–water partition coefficient (Wildman–Crippen LogP) is 0.124. The molecule has 2 N–H and O–H groups in total. The number of hydrogen-bond donors (Lipinski definition) is 1. The summed E-state index contributed by atoms with van der Waals surface area (Å²) in [6.45, 7) is 5.75. The van der Waals surface area contributed by atoms with E-state index in [1.54, 1.807) is 0 Å². The zero-order valence-corrected chi connectivity index (χ0v) is 6.68. The van der Waals surface area contributed by atoms with E-state index in [2.05, 4.69) is 6.58 Å². The third-order valence-electron chi connectivity index (χ3n) is 1.87. The second-order valence-electron chi connectivity index (χ2n) is 2.87. The highest BCUT2D eigenvalue weighted by Gasteiger charge is 2.19. The summed E-state index contributed by atoms with van der Waals surface area (Å²) in [5.41, 5.74) is 6.29. The van der Waals surface area contributed by atoms with E-state index in [0.29, 0.717) is 19.5 Å². The van der Waals surface area contributed by atoms with E-state index in [-0.39, 0.29) is 5.91 Å². The minimum Gasteiger partial charge on any atom is -0.339 e. The van der Waals surface area contributed by atoms with Crippen molar-refractivity contribution in [3.63, 3.8) is 0 Å². The lowest BCUT2D eigenvalue weighted by atomic mass is 10.3. The van der Waals surface area contributed by atoms with E-state index in [0.717, 1.165) is 18.5 Å². The number of rotatable bonds is 3. The first kappa shape index (κ1) is 8.27. The Balaban J connectivity index is 2.36. The molecule has 0 atom stereocenters. The molecular weight excluding hydrogens is 140 g/mol. The van der Waals surface area contributed by atoms with Crippen LogP contribution in [0.25, 0.3) is 0 Å². The number of nitrogens with zero attached hydrogens (tertiary/aromatic N) is 1. The van der Waals surface area contributed by atoms with Gasteiger partial charge in [0.2, 0.25) is 5.91 Å². The van der Waals surface area contributed by atoms with E-state index >= 15 is 0 Å². The normalized spacial score (nSPS) is 17.5. The van der Waals surface area contributed by atoms with Gasteiger partial charge in [0.05, 0.1) is 0 Å².